The van der Waals surface area contributed by atoms with E-state index in [0.717, 1.165) is 5.56 Å². The number of nitrogens with zero attached hydrogens (tertiary/aromatic N) is 3. The van der Waals surface area contributed by atoms with E-state index in [1.165, 1.54) is 12.1 Å². The monoisotopic (exact) mass is 733 g/mol. The minimum Gasteiger partial charge on any atom is -0.389 e. The van der Waals surface area contributed by atoms with Gasteiger partial charge in [0.2, 0.25) is 0 Å². The van der Waals surface area contributed by atoms with Crippen molar-refractivity contribution in [1.82, 2.24) is 15.0 Å². The zero-order chi connectivity index (χ0) is 36.9. The molecule has 1 aliphatic heterocycles. The van der Waals surface area contributed by atoms with Crippen LogP contribution in [0.1, 0.15) is 83.1 Å². The van der Waals surface area contributed by atoms with Crippen molar-refractivity contribution in [3.8, 4) is 0 Å². The standard InChI is InChI=1S/C38H56FN3O10/c1-34(2)50-20-37-31(52-34)15-26(48-21-45-4)16-36(37,44)13-11-27-32(37)30(49-22-46-5)17-35(3)28(12-14-38(27,35)51-23-47-6)33(43)29-19-42(41-40-29)18-24-7-9-25(39)10-8-24/h7-10,19,26-28,30-33,43-44H,11-18,20-23H2,1-6H3/t26-,27?,28+,30-,31+,32?,33?,35+,36-,37+,38-/m0/s1. The molecule has 14 heteroatoms. The van der Waals surface area contributed by atoms with E-state index in [9.17, 15) is 14.6 Å². The molecule has 2 N–H and O–H groups in total. The highest BCUT2D eigenvalue weighted by Gasteiger charge is 2.78. The number of aromatic nitrogens is 3. The van der Waals surface area contributed by atoms with Gasteiger partial charge in [-0.1, -0.05) is 24.3 Å². The maximum Gasteiger partial charge on any atom is 0.163 e. The molecule has 5 aliphatic rings. The number of hydrogen-bond acceptors (Lipinski definition) is 12. The van der Waals surface area contributed by atoms with Gasteiger partial charge in [-0.25, -0.2) is 9.07 Å². The van der Waals surface area contributed by atoms with Gasteiger partial charge in [-0.3, -0.25) is 0 Å². The summed E-state index contributed by atoms with van der Waals surface area (Å²) in [5, 5.41) is 33.9. The van der Waals surface area contributed by atoms with Crippen molar-refractivity contribution in [3.05, 3.63) is 47.5 Å². The van der Waals surface area contributed by atoms with Crippen molar-refractivity contribution in [2.75, 3.05) is 48.3 Å². The third-order valence-corrected chi connectivity index (χ3v) is 13.5. The van der Waals surface area contributed by atoms with Gasteiger partial charge in [0.05, 0.1) is 54.3 Å². The lowest BCUT2D eigenvalue weighted by Gasteiger charge is -2.71. The Hall–Kier alpha value is -2.11. The summed E-state index contributed by atoms with van der Waals surface area (Å²) in [4.78, 5) is 0. The molecule has 4 aliphatic carbocycles. The van der Waals surface area contributed by atoms with Gasteiger partial charge in [-0.2, -0.15) is 0 Å². The molecule has 4 saturated carbocycles. The zero-order valence-electron chi connectivity index (χ0n) is 31.3. The first kappa shape index (κ1) is 38.2. The Bertz CT molecular complexity index is 1530. The number of rotatable bonds is 13. The minimum atomic E-state index is -1.18. The maximum absolute atomic E-state index is 13.5. The lowest BCUT2D eigenvalue weighted by atomic mass is 9.40. The van der Waals surface area contributed by atoms with Gasteiger partial charge in [-0.05, 0) is 75.5 Å². The predicted octanol–water partition coefficient (Wildman–Crippen LogP) is 4.35. The van der Waals surface area contributed by atoms with E-state index in [0.29, 0.717) is 57.2 Å². The second-order valence-corrected chi connectivity index (χ2v) is 16.4. The molecular weight excluding hydrogens is 677 g/mol. The van der Waals surface area contributed by atoms with E-state index in [2.05, 4.69) is 17.2 Å². The fraction of sp³-hybridized carbons (Fsp3) is 0.789. The third kappa shape index (κ3) is 6.24. The van der Waals surface area contributed by atoms with Crippen molar-refractivity contribution in [2.24, 2.45) is 28.6 Å². The molecule has 52 heavy (non-hydrogen) atoms. The van der Waals surface area contributed by atoms with Crippen LogP contribution in [-0.2, 0) is 44.4 Å². The van der Waals surface area contributed by atoms with Gasteiger partial charge >= 0.3 is 0 Å². The molecule has 1 saturated heterocycles. The summed E-state index contributed by atoms with van der Waals surface area (Å²) in [6.45, 7) is 6.97. The second-order valence-electron chi connectivity index (χ2n) is 16.4. The Morgan fingerprint density at radius 3 is 2.44 bits per heavy atom. The number of aliphatic hydroxyl groups is 2. The highest BCUT2D eigenvalue weighted by Crippen LogP contribution is 2.73. The molecule has 7 rings (SSSR count). The molecule has 0 amide bonds. The van der Waals surface area contributed by atoms with Gasteiger partial charge in [-0.15, -0.1) is 5.10 Å². The fourth-order valence-electron chi connectivity index (χ4n) is 11.4. The smallest absolute Gasteiger partial charge is 0.163 e. The Kier molecular flexibility index (Phi) is 10.7. The predicted molar refractivity (Wildman–Crippen MR) is 183 cm³/mol. The van der Waals surface area contributed by atoms with Gasteiger partial charge in [0.15, 0.2) is 5.79 Å². The summed E-state index contributed by atoms with van der Waals surface area (Å²) >= 11 is 0. The van der Waals surface area contributed by atoms with Gasteiger partial charge in [0.25, 0.3) is 0 Å². The van der Waals surface area contributed by atoms with E-state index in [-0.39, 0.29) is 56.7 Å². The zero-order valence-corrected chi connectivity index (χ0v) is 31.3. The van der Waals surface area contributed by atoms with E-state index in [1.54, 1.807) is 44.3 Å². The van der Waals surface area contributed by atoms with Crippen LogP contribution in [0.5, 0.6) is 0 Å². The molecule has 1 aromatic carbocycles. The van der Waals surface area contributed by atoms with E-state index >= 15 is 0 Å². The molecule has 0 radical (unpaired) electrons. The lowest BCUT2D eigenvalue weighted by molar-refractivity contribution is -0.409. The average Bonchev–Trinajstić information content (AvgIpc) is 3.70. The number of aliphatic hydroxyl groups excluding tert-OH is 1. The highest BCUT2D eigenvalue weighted by atomic mass is 19.1. The van der Waals surface area contributed by atoms with Crippen LogP contribution >= 0.6 is 0 Å². The van der Waals surface area contributed by atoms with Crippen LogP contribution in [0, 0.1) is 34.4 Å². The van der Waals surface area contributed by atoms with Crippen molar-refractivity contribution in [3.63, 3.8) is 0 Å². The van der Waals surface area contributed by atoms with Crippen LogP contribution in [0.25, 0.3) is 0 Å². The van der Waals surface area contributed by atoms with Crippen LogP contribution in [0.2, 0.25) is 0 Å². The van der Waals surface area contributed by atoms with Crippen LogP contribution < -0.4 is 0 Å². The van der Waals surface area contributed by atoms with Gasteiger partial charge in [0.1, 0.15) is 38.0 Å². The van der Waals surface area contributed by atoms with Crippen LogP contribution in [0.4, 0.5) is 4.39 Å². The Morgan fingerprint density at radius 2 is 1.71 bits per heavy atom. The molecule has 1 spiro atoms. The SMILES string of the molecule is COCO[C@H]1C[C@H]2OC(C)(C)OC[C@]23C2C(CC[C@]3(O)C1)[C@@]1(OCOC)CC[C@H](C(O)c3cn(Cc4ccc(F)cc4)nn3)[C@@]1(C)C[C@@H]2OCOC. The van der Waals surface area contributed by atoms with Crippen molar-refractivity contribution < 1.29 is 52.5 Å². The Morgan fingerprint density at radius 1 is 0.981 bits per heavy atom. The molecule has 2 aromatic rings. The first-order chi connectivity index (χ1) is 24.8. The molecule has 290 valence electrons. The number of hydrogen-bond donors (Lipinski definition) is 2. The van der Waals surface area contributed by atoms with Crippen molar-refractivity contribution >= 4 is 0 Å². The van der Waals surface area contributed by atoms with Gasteiger partial charge in [0, 0.05) is 45.5 Å². The molecule has 1 aromatic heterocycles. The van der Waals surface area contributed by atoms with Gasteiger partial charge < -0.3 is 48.1 Å². The summed E-state index contributed by atoms with van der Waals surface area (Å²) in [5.41, 5.74) is -2.04. The Balaban J connectivity index is 1.27. The third-order valence-electron chi connectivity index (χ3n) is 13.5. The molecule has 3 unspecified atom stereocenters. The first-order valence-electron chi connectivity index (χ1n) is 18.6. The van der Waals surface area contributed by atoms with E-state index < -0.39 is 46.1 Å². The van der Waals surface area contributed by atoms with E-state index in [1.807, 2.05) is 13.8 Å². The number of ether oxygens (including phenoxy) is 8. The lowest BCUT2D eigenvalue weighted by Crippen LogP contribution is -2.78. The molecular formula is C38H56FN3O10. The number of fused-ring (bicyclic) bond motifs is 3. The summed E-state index contributed by atoms with van der Waals surface area (Å²) in [7, 11) is 4.83. The molecule has 13 nitrogen and oxygen atoms in total. The largest absolute Gasteiger partial charge is 0.389 e. The van der Waals surface area contributed by atoms with Crippen molar-refractivity contribution in [1.29, 1.82) is 0 Å². The quantitative estimate of drug-likeness (QED) is 0.283. The first-order valence-corrected chi connectivity index (χ1v) is 18.6. The Labute approximate surface area is 305 Å². The summed E-state index contributed by atoms with van der Waals surface area (Å²) in [6, 6.07) is 6.26. The summed E-state index contributed by atoms with van der Waals surface area (Å²) in [6.07, 6.45) is 3.74. The van der Waals surface area contributed by atoms with Crippen LogP contribution in [0.3, 0.4) is 0 Å². The fourth-order valence-corrected chi connectivity index (χ4v) is 11.4. The van der Waals surface area contributed by atoms with Crippen LogP contribution in [-0.4, -0.2) is 109 Å². The normalized spacial score (nSPS) is 40.0. The van der Waals surface area contributed by atoms with E-state index in [4.69, 9.17) is 37.9 Å². The summed E-state index contributed by atoms with van der Waals surface area (Å²) in [5.74, 6) is -1.78. The van der Waals surface area contributed by atoms with Crippen molar-refractivity contribution in [2.45, 2.75) is 114 Å². The maximum atomic E-state index is 13.5. The molecule has 0 bridgehead atoms. The number of benzene rings is 1. The minimum absolute atomic E-state index is 0.0623. The highest BCUT2D eigenvalue weighted by molar-refractivity contribution is 5.27. The average molecular weight is 734 g/mol. The number of halogens is 1. The second kappa shape index (κ2) is 14.5. The van der Waals surface area contributed by atoms with Crippen LogP contribution in [0.15, 0.2) is 30.5 Å². The molecule has 2 heterocycles. The topological polar surface area (TPSA) is 145 Å². The summed E-state index contributed by atoms with van der Waals surface area (Å²) < 4.78 is 64.7. The number of methoxy groups -OCH3 is 3. The molecule has 5 fully saturated rings. The molecule has 11 atom stereocenters.